The number of hydrogen-bond donors (Lipinski definition) is 1. The Morgan fingerprint density at radius 1 is 1.30 bits per heavy atom. The normalized spacial score (nSPS) is 34.8. The van der Waals surface area contributed by atoms with Crippen LogP contribution in [-0.2, 0) is 0 Å². The maximum atomic E-state index is 12.1. The minimum Gasteiger partial charge on any atom is -0.303 e. The van der Waals surface area contributed by atoms with E-state index in [0.29, 0.717) is 0 Å². The Labute approximate surface area is 55.4 Å². The van der Waals surface area contributed by atoms with Crippen LogP contribution in [0, 0.1) is 0 Å². The Morgan fingerprint density at radius 2 is 1.90 bits per heavy atom. The standard InChI is InChI=1S/C5H7F4N/c6-3-1-4(10-2-3)5(7,8)9/h3-4,10H,1-2H2/t3-,4-/m0/s1. The highest BCUT2D eigenvalue weighted by atomic mass is 19.4. The van der Waals surface area contributed by atoms with Crippen LogP contribution >= 0.6 is 0 Å². The molecule has 1 rings (SSSR count). The molecule has 1 aliphatic heterocycles. The van der Waals surface area contributed by atoms with Crippen LogP contribution in [-0.4, -0.2) is 24.9 Å². The average molecular weight is 157 g/mol. The molecule has 10 heavy (non-hydrogen) atoms. The molecule has 0 aromatic rings. The van der Waals surface area contributed by atoms with Gasteiger partial charge in [-0.25, -0.2) is 4.39 Å². The van der Waals surface area contributed by atoms with Crippen molar-refractivity contribution in [1.82, 2.24) is 5.32 Å². The van der Waals surface area contributed by atoms with Crippen molar-refractivity contribution in [3.63, 3.8) is 0 Å². The van der Waals surface area contributed by atoms with Crippen molar-refractivity contribution in [3.8, 4) is 0 Å². The van der Waals surface area contributed by atoms with Crippen LogP contribution in [0.5, 0.6) is 0 Å². The lowest BCUT2D eigenvalue weighted by Crippen LogP contribution is -2.36. The molecule has 1 aliphatic rings. The quantitative estimate of drug-likeness (QED) is 0.522. The average Bonchev–Trinajstić information content (AvgIpc) is 2.11. The van der Waals surface area contributed by atoms with Crippen LogP contribution in [0.4, 0.5) is 17.6 Å². The lowest BCUT2D eigenvalue weighted by molar-refractivity contribution is -0.152. The second-order valence-electron chi connectivity index (χ2n) is 2.34. The third kappa shape index (κ3) is 1.59. The predicted molar refractivity (Wildman–Crippen MR) is 27.4 cm³/mol. The van der Waals surface area contributed by atoms with Gasteiger partial charge in [-0.2, -0.15) is 13.2 Å². The monoisotopic (exact) mass is 157 g/mol. The van der Waals surface area contributed by atoms with E-state index in [1.165, 1.54) is 0 Å². The summed E-state index contributed by atoms with van der Waals surface area (Å²) in [6.07, 6.45) is -6.07. The Kier molecular flexibility index (Phi) is 1.85. The summed E-state index contributed by atoms with van der Waals surface area (Å²) in [5, 5.41) is 2.05. The Balaban J connectivity index is 2.45. The summed E-state index contributed by atoms with van der Waals surface area (Å²) < 4.78 is 47.3. The highest BCUT2D eigenvalue weighted by molar-refractivity contribution is 4.86. The second kappa shape index (κ2) is 2.38. The van der Waals surface area contributed by atoms with Gasteiger partial charge in [-0.05, 0) is 0 Å². The van der Waals surface area contributed by atoms with Crippen LogP contribution in [0.15, 0.2) is 0 Å². The van der Waals surface area contributed by atoms with Crippen molar-refractivity contribution in [3.05, 3.63) is 0 Å². The highest BCUT2D eigenvalue weighted by Crippen LogP contribution is 2.27. The molecule has 1 N–H and O–H groups in total. The summed E-state index contributed by atoms with van der Waals surface area (Å²) in [7, 11) is 0. The van der Waals surface area contributed by atoms with Crippen molar-refractivity contribution in [1.29, 1.82) is 0 Å². The molecule has 5 heteroatoms. The predicted octanol–water partition coefficient (Wildman–Crippen LogP) is 1.25. The molecule has 2 atom stereocenters. The maximum Gasteiger partial charge on any atom is 0.403 e. The van der Waals surface area contributed by atoms with E-state index in [0.717, 1.165) is 0 Å². The third-order valence-electron chi connectivity index (χ3n) is 1.47. The van der Waals surface area contributed by atoms with Gasteiger partial charge in [0.05, 0.1) is 0 Å². The zero-order valence-electron chi connectivity index (χ0n) is 5.08. The zero-order chi connectivity index (χ0) is 7.78. The summed E-state index contributed by atoms with van der Waals surface area (Å²) >= 11 is 0. The fourth-order valence-corrected chi connectivity index (χ4v) is 0.942. The van der Waals surface area contributed by atoms with E-state index in [4.69, 9.17) is 0 Å². The molecule has 60 valence electrons. The second-order valence-corrected chi connectivity index (χ2v) is 2.34. The molecule has 1 saturated heterocycles. The van der Waals surface area contributed by atoms with Gasteiger partial charge in [0, 0.05) is 13.0 Å². The molecular weight excluding hydrogens is 150 g/mol. The first-order chi connectivity index (χ1) is 4.50. The summed E-state index contributed by atoms with van der Waals surface area (Å²) in [5.41, 5.74) is 0. The van der Waals surface area contributed by atoms with Gasteiger partial charge < -0.3 is 5.32 Å². The molecule has 0 radical (unpaired) electrons. The van der Waals surface area contributed by atoms with Gasteiger partial charge in [0.2, 0.25) is 0 Å². The summed E-state index contributed by atoms with van der Waals surface area (Å²) in [5.74, 6) is 0. The SMILES string of the molecule is F[C@@H]1CN[C@H](C(F)(F)F)C1. The van der Waals surface area contributed by atoms with Crippen molar-refractivity contribution >= 4 is 0 Å². The summed E-state index contributed by atoms with van der Waals surface area (Å²) in [4.78, 5) is 0. The molecule has 0 aliphatic carbocycles. The van der Waals surface area contributed by atoms with Crippen molar-refractivity contribution in [2.24, 2.45) is 0 Å². The van der Waals surface area contributed by atoms with E-state index in [2.05, 4.69) is 0 Å². The number of alkyl halides is 4. The topological polar surface area (TPSA) is 12.0 Å². The van der Waals surface area contributed by atoms with Gasteiger partial charge in [0.25, 0.3) is 0 Å². The zero-order valence-corrected chi connectivity index (χ0v) is 5.08. The Bertz CT molecular complexity index is 121. The summed E-state index contributed by atoms with van der Waals surface area (Å²) in [6.45, 7) is -0.176. The van der Waals surface area contributed by atoms with E-state index in [9.17, 15) is 17.6 Å². The van der Waals surface area contributed by atoms with Crippen LogP contribution < -0.4 is 5.32 Å². The van der Waals surface area contributed by atoms with Crippen LogP contribution in [0.2, 0.25) is 0 Å². The van der Waals surface area contributed by atoms with E-state index < -0.39 is 24.8 Å². The number of nitrogens with one attached hydrogen (secondary N) is 1. The van der Waals surface area contributed by atoms with Crippen LogP contribution in [0.1, 0.15) is 6.42 Å². The molecule has 1 heterocycles. The smallest absolute Gasteiger partial charge is 0.303 e. The van der Waals surface area contributed by atoms with E-state index in [-0.39, 0.29) is 6.54 Å². The fraction of sp³-hybridized carbons (Fsp3) is 1.00. The molecule has 0 amide bonds. The Morgan fingerprint density at radius 3 is 2.10 bits per heavy atom. The first-order valence-corrected chi connectivity index (χ1v) is 2.94. The Hall–Kier alpha value is -0.320. The number of rotatable bonds is 0. The molecule has 0 unspecified atom stereocenters. The van der Waals surface area contributed by atoms with Crippen molar-refractivity contribution in [2.75, 3.05) is 6.54 Å². The van der Waals surface area contributed by atoms with Crippen molar-refractivity contribution in [2.45, 2.75) is 24.8 Å². The minimum atomic E-state index is -4.29. The summed E-state index contributed by atoms with van der Waals surface area (Å²) in [6, 6.07) is -1.64. The van der Waals surface area contributed by atoms with Crippen molar-refractivity contribution < 1.29 is 17.6 Å². The van der Waals surface area contributed by atoms with Crippen LogP contribution in [0.3, 0.4) is 0 Å². The number of halogens is 4. The lowest BCUT2D eigenvalue weighted by atomic mass is 10.2. The van der Waals surface area contributed by atoms with E-state index in [1.807, 2.05) is 5.32 Å². The van der Waals surface area contributed by atoms with Crippen LogP contribution in [0.25, 0.3) is 0 Å². The third-order valence-corrected chi connectivity index (χ3v) is 1.47. The lowest BCUT2D eigenvalue weighted by Gasteiger charge is -2.13. The van der Waals surface area contributed by atoms with E-state index in [1.54, 1.807) is 0 Å². The molecule has 1 fully saturated rings. The highest BCUT2D eigenvalue weighted by Gasteiger charge is 2.44. The molecule has 0 spiro atoms. The largest absolute Gasteiger partial charge is 0.403 e. The first kappa shape index (κ1) is 7.78. The molecule has 0 bridgehead atoms. The maximum absolute atomic E-state index is 12.1. The molecule has 0 saturated carbocycles. The fourth-order valence-electron chi connectivity index (χ4n) is 0.942. The first-order valence-electron chi connectivity index (χ1n) is 2.94. The van der Waals surface area contributed by atoms with Gasteiger partial charge in [-0.15, -0.1) is 0 Å². The van der Waals surface area contributed by atoms with Gasteiger partial charge in [0.1, 0.15) is 12.2 Å². The van der Waals surface area contributed by atoms with Gasteiger partial charge >= 0.3 is 6.18 Å². The molecule has 0 aromatic heterocycles. The van der Waals surface area contributed by atoms with Gasteiger partial charge in [0.15, 0.2) is 0 Å². The van der Waals surface area contributed by atoms with Gasteiger partial charge in [-0.1, -0.05) is 0 Å². The number of hydrogen-bond acceptors (Lipinski definition) is 1. The molecule has 0 aromatic carbocycles. The molecular formula is C5H7F4N. The van der Waals surface area contributed by atoms with Gasteiger partial charge in [-0.3, -0.25) is 0 Å². The molecule has 1 nitrogen and oxygen atoms in total. The minimum absolute atomic E-state index is 0.176. The van der Waals surface area contributed by atoms with E-state index >= 15 is 0 Å².